The number of carbonyl (C=O) groups is 2. The Kier molecular flexibility index (Phi) is 2.34. The minimum Gasteiger partial charge on any atom is -0.481 e. The summed E-state index contributed by atoms with van der Waals surface area (Å²) in [5, 5.41) is 9.35. The molecule has 1 N–H and O–H groups in total. The number of hydrogen-bond acceptors (Lipinski definition) is 3. The molecule has 0 radical (unpaired) electrons. The summed E-state index contributed by atoms with van der Waals surface area (Å²) in [6.07, 6.45) is 2.87. The molecule has 1 aromatic rings. The summed E-state index contributed by atoms with van der Waals surface area (Å²) >= 11 is 0. The molecule has 0 unspecified atom stereocenters. The first-order valence-corrected chi connectivity index (χ1v) is 6.69. The number of halogens is 1. The van der Waals surface area contributed by atoms with Crippen LogP contribution in [0.5, 0.6) is 0 Å². The number of amides is 1. The van der Waals surface area contributed by atoms with Crippen molar-refractivity contribution in [1.82, 2.24) is 0 Å². The number of benzene rings is 1. The van der Waals surface area contributed by atoms with Crippen LogP contribution in [0.25, 0.3) is 0 Å². The van der Waals surface area contributed by atoms with Crippen molar-refractivity contribution in [3.8, 4) is 0 Å². The van der Waals surface area contributed by atoms with E-state index in [1.165, 1.54) is 17.0 Å². The molecule has 0 saturated carbocycles. The second kappa shape index (κ2) is 3.92. The van der Waals surface area contributed by atoms with Gasteiger partial charge in [-0.25, -0.2) is 4.39 Å². The van der Waals surface area contributed by atoms with Gasteiger partial charge in [-0.15, -0.1) is 0 Å². The van der Waals surface area contributed by atoms with Gasteiger partial charge < -0.3 is 14.7 Å². The molecule has 1 spiro atoms. The van der Waals surface area contributed by atoms with Gasteiger partial charge in [0.25, 0.3) is 0 Å². The van der Waals surface area contributed by atoms with Crippen LogP contribution in [0.3, 0.4) is 0 Å². The van der Waals surface area contributed by atoms with E-state index in [9.17, 15) is 19.1 Å². The third-order valence-corrected chi connectivity index (χ3v) is 4.53. The molecular formula is C15H12FNO4. The lowest BCUT2D eigenvalue weighted by Crippen LogP contribution is -2.39. The van der Waals surface area contributed by atoms with Crippen molar-refractivity contribution in [2.24, 2.45) is 11.8 Å². The van der Waals surface area contributed by atoms with Crippen molar-refractivity contribution in [3.63, 3.8) is 0 Å². The van der Waals surface area contributed by atoms with Crippen molar-refractivity contribution in [3.05, 3.63) is 42.2 Å². The minimum absolute atomic E-state index is 0.147. The molecule has 4 rings (SSSR count). The maximum absolute atomic E-state index is 13.9. The number of fused-ring (bicyclic) bond motifs is 1. The van der Waals surface area contributed by atoms with Crippen molar-refractivity contribution < 1.29 is 23.8 Å². The van der Waals surface area contributed by atoms with Crippen molar-refractivity contribution in [2.75, 3.05) is 11.4 Å². The molecule has 0 aromatic heterocycles. The van der Waals surface area contributed by atoms with Crippen LogP contribution >= 0.6 is 0 Å². The first-order valence-electron chi connectivity index (χ1n) is 6.69. The third kappa shape index (κ3) is 1.48. The first kappa shape index (κ1) is 12.5. The molecule has 0 aliphatic carbocycles. The van der Waals surface area contributed by atoms with Gasteiger partial charge in [0.15, 0.2) is 0 Å². The van der Waals surface area contributed by atoms with E-state index in [1.807, 2.05) is 0 Å². The van der Waals surface area contributed by atoms with Crippen LogP contribution in [0.1, 0.15) is 0 Å². The summed E-state index contributed by atoms with van der Waals surface area (Å²) in [5.74, 6) is -3.64. The number of anilines is 1. The molecule has 2 fully saturated rings. The molecule has 1 amide bonds. The second-order valence-electron chi connectivity index (χ2n) is 5.61. The number of hydrogen-bond donors (Lipinski definition) is 1. The maximum atomic E-state index is 13.9. The molecule has 4 atom stereocenters. The molecule has 6 heteroatoms. The normalized spacial score (nSPS) is 36.3. The van der Waals surface area contributed by atoms with E-state index in [2.05, 4.69) is 0 Å². The van der Waals surface area contributed by atoms with Crippen LogP contribution in [0.15, 0.2) is 36.4 Å². The van der Waals surface area contributed by atoms with Gasteiger partial charge in [0.05, 0.1) is 24.3 Å². The van der Waals surface area contributed by atoms with Gasteiger partial charge in [0.2, 0.25) is 5.91 Å². The second-order valence-corrected chi connectivity index (χ2v) is 5.61. The van der Waals surface area contributed by atoms with E-state index in [-0.39, 0.29) is 18.1 Å². The lowest BCUT2D eigenvalue weighted by Gasteiger charge is -2.21. The lowest BCUT2D eigenvalue weighted by atomic mass is 9.77. The predicted octanol–water partition coefficient (Wildman–Crippen LogP) is 1.20. The fourth-order valence-corrected chi connectivity index (χ4v) is 3.65. The fourth-order valence-electron chi connectivity index (χ4n) is 3.65. The van der Waals surface area contributed by atoms with Gasteiger partial charge in [0, 0.05) is 0 Å². The molecule has 2 saturated heterocycles. The number of carbonyl (C=O) groups excluding carboxylic acids is 1. The van der Waals surface area contributed by atoms with E-state index < -0.39 is 35.3 Å². The van der Waals surface area contributed by atoms with E-state index in [4.69, 9.17) is 4.74 Å². The number of carboxylic acids is 1. The highest BCUT2D eigenvalue weighted by atomic mass is 19.1. The molecule has 3 aliphatic rings. The molecule has 3 aliphatic heterocycles. The van der Waals surface area contributed by atoms with Gasteiger partial charge in [-0.1, -0.05) is 24.3 Å². The number of ether oxygens (including phenoxy) is 1. The summed E-state index contributed by atoms with van der Waals surface area (Å²) in [6.45, 7) is 0.147. The topological polar surface area (TPSA) is 66.8 Å². The summed E-state index contributed by atoms with van der Waals surface area (Å²) in [5.41, 5.74) is -0.775. The third-order valence-electron chi connectivity index (χ3n) is 4.53. The van der Waals surface area contributed by atoms with E-state index in [0.717, 1.165) is 0 Å². The molecule has 2 bridgehead atoms. The number of aliphatic carboxylic acids is 1. The maximum Gasteiger partial charge on any atom is 0.310 e. The van der Waals surface area contributed by atoms with Crippen molar-refractivity contribution >= 4 is 17.6 Å². The van der Waals surface area contributed by atoms with Crippen LogP contribution in [-0.4, -0.2) is 35.2 Å². The highest BCUT2D eigenvalue weighted by Gasteiger charge is 2.67. The fraction of sp³-hybridized carbons (Fsp3) is 0.333. The Morgan fingerprint density at radius 2 is 2.19 bits per heavy atom. The Bertz CT molecular complexity index is 688. The van der Waals surface area contributed by atoms with Crippen molar-refractivity contribution in [2.45, 2.75) is 11.7 Å². The van der Waals surface area contributed by atoms with E-state index in [0.29, 0.717) is 0 Å². The van der Waals surface area contributed by atoms with E-state index in [1.54, 1.807) is 24.3 Å². The van der Waals surface area contributed by atoms with Crippen LogP contribution in [0, 0.1) is 17.7 Å². The molecular weight excluding hydrogens is 277 g/mol. The lowest BCUT2D eigenvalue weighted by molar-refractivity contribution is -0.146. The van der Waals surface area contributed by atoms with Crippen molar-refractivity contribution in [1.29, 1.82) is 0 Å². The molecule has 21 heavy (non-hydrogen) atoms. The van der Waals surface area contributed by atoms with Gasteiger partial charge in [0.1, 0.15) is 17.3 Å². The summed E-state index contributed by atoms with van der Waals surface area (Å²) < 4.78 is 19.7. The smallest absolute Gasteiger partial charge is 0.310 e. The number of nitrogens with zero attached hydrogens (tertiary/aromatic N) is 1. The van der Waals surface area contributed by atoms with Gasteiger partial charge in [-0.3, -0.25) is 9.59 Å². The molecule has 108 valence electrons. The average molecular weight is 289 g/mol. The summed E-state index contributed by atoms with van der Waals surface area (Å²) in [4.78, 5) is 25.3. The Morgan fingerprint density at radius 1 is 1.43 bits per heavy atom. The zero-order chi connectivity index (χ0) is 14.8. The first-order chi connectivity index (χ1) is 10.0. The predicted molar refractivity (Wildman–Crippen MR) is 70.1 cm³/mol. The Labute approximate surface area is 119 Å². The number of para-hydroxylation sites is 1. The number of carboxylic acid groups (broad SMARTS) is 1. The average Bonchev–Trinajstić information content (AvgIpc) is 3.08. The van der Waals surface area contributed by atoms with Crippen LogP contribution in [0.2, 0.25) is 0 Å². The monoisotopic (exact) mass is 289 g/mol. The highest BCUT2D eigenvalue weighted by Crippen LogP contribution is 2.52. The Hall–Kier alpha value is -2.21. The zero-order valence-electron chi connectivity index (χ0n) is 10.9. The van der Waals surface area contributed by atoms with Gasteiger partial charge in [-0.05, 0) is 12.1 Å². The highest BCUT2D eigenvalue weighted by molar-refractivity contribution is 6.02. The van der Waals surface area contributed by atoms with Gasteiger partial charge >= 0.3 is 5.97 Å². The minimum atomic E-state index is -1.06. The van der Waals surface area contributed by atoms with Crippen LogP contribution < -0.4 is 4.90 Å². The standard InChI is InChI=1S/C15H12FNO4/c16-8-3-1-2-4-9(8)17-7-15-6-5-10(21-15)11(14(19)20)12(15)13(17)18/h1-6,10-12H,7H2,(H,19,20)/t10-,11+,12-,15+/m1/s1. The summed E-state index contributed by atoms with van der Waals surface area (Å²) in [6, 6.07) is 5.97. The Balaban J connectivity index is 1.78. The largest absolute Gasteiger partial charge is 0.481 e. The molecule has 5 nitrogen and oxygen atoms in total. The molecule has 1 aromatic carbocycles. The van der Waals surface area contributed by atoms with Crippen LogP contribution in [0.4, 0.5) is 10.1 Å². The summed E-state index contributed by atoms with van der Waals surface area (Å²) in [7, 11) is 0. The van der Waals surface area contributed by atoms with Crippen LogP contribution in [-0.2, 0) is 14.3 Å². The quantitative estimate of drug-likeness (QED) is 0.831. The Morgan fingerprint density at radius 3 is 2.90 bits per heavy atom. The molecule has 3 heterocycles. The zero-order valence-corrected chi connectivity index (χ0v) is 10.9. The number of rotatable bonds is 2. The van der Waals surface area contributed by atoms with E-state index >= 15 is 0 Å². The van der Waals surface area contributed by atoms with Gasteiger partial charge in [-0.2, -0.15) is 0 Å². The SMILES string of the molecule is O=C(O)[C@H]1[C@H]2C=C[C@@]3(CN(c4ccccc4F)C(=O)[C@@H]13)O2.